The highest BCUT2D eigenvalue weighted by Crippen LogP contribution is 2.18. The molecule has 2 N–H and O–H groups in total. The number of nitrogens with zero attached hydrogens (tertiary/aromatic N) is 1. The molecule has 0 aliphatic carbocycles. The zero-order valence-corrected chi connectivity index (χ0v) is 12.3. The van der Waals surface area contributed by atoms with E-state index in [1.807, 2.05) is 6.92 Å². The van der Waals surface area contributed by atoms with E-state index in [1.165, 1.54) is 19.2 Å². The van der Waals surface area contributed by atoms with Crippen molar-refractivity contribution in [2.45, 2.75) is 26.0 Å². The molecule has 1 aliphatic heterocycles. The highest BCUT2D eigenvalue weighted by molar-refractivity contribution is 5.74. The lowest BCUT2D eigenvalue weighted by molar-refractivity contribution is 0.0435. The second kappa shape index (κ2) is 6.76. The van der Waals surface area contributed by atoms with Crippen LogP contribution in [-0.4, -0.2) is 42.3 Å². The summed E-state index contributed by atoms with van der Waals surface area (Å²) in [5, 5.41) is 12.5. The van der Waals surface area contributed by atoms with E-state index >= 15 is 0 Å². The smallest absolute Gasteiger partial charge is 0.317 e. The van der Waals surface area contributed by atoms with E-state index in [2.05, 4.69) is 5.32 Å². The molecule has 21 heavy (non-hydrogen) atoms. The lowest BCUT2D eigenvalue weighted by atomic mass is 9.96. The van der Waals surface area contributed by atoms with Gasteiger partial charge in [0.15, 0.2) is 11.6 Å². The van der Waals surface area contributed by atoms with E-state index in [1.54, 1.807) is 11.0 Å². The molecule has 2 rings (SSSR count). The first-order chi connectivity index (χ1) is 10.0. The number of carbonyl (C=O) groups is 1. The zero-order valence-electron chi connectivity index (χ0n) is 12.3. The minimum atomic E-state index is -0.483. The van der Waals surface area contributed by atoms with Crippen LogP contribution in [0.15, 0.2) is 18.2 Å². The Morgan fingerprint density at radius 3 is 2.95 bits per heavy atom. The number of nitrogens with one attached hydrogen (secondary N) is 1. The Kier molecular flexibility index (Phi) is 5.01. The molecule has 0 radical (unpaired) electrons. The van der Waals surface area contributed by atoms with Crippen molar-refractivity contribution in [1.82, 2.24) is 10.2 Å². The van der Waals surface area contributed by atoms with Crippen LogP contribution in [0.25, 0.3) is 0 Å². The van der Waals surface area contributed by atoms with Gasteiger partial charge in [-0.05, 0) is 30.0 Å². The molecular formula is C15H21FN2O3. The van der Waals surface area contributed by atoms with E-state index in [0.29, 0.717) is 18.7 Å². The molecule has 1 heterocycles. The van der Waals surface area contributed by atoms with Crippen molar-refractivity contribution in [2.24, 2.45) is 5.92 Å². The summed E-state index contributed by atoms with van der Waals surface area (Å²) in [6, 6.07) is 4.34. The quantitative estimate of drug-likeness (QED) is 0.893. The Labute approximate surface area is 123 Å². The topological polar surface area (TPSA) is 61.8 Å². The van der Waals surface area contributed by atoms with Gasteiger partial charge in [0, 0.05) is 19.6 Å². The molecule has 2 atom stereocenters. The highest BCUT2D eigenvalue weighted by Gasteiger charge is 2.27. The van der Waals surface area contributed by atoms with Crippen LogP contribution in [-0.2, 0) is 6.54 Å². The molecule has 1 fully saturated rings. The largest absolute Gasteiger partial charge is 0.494 e. The number of piperidine rings is 1. The number of likely N-dealkylation sites (tertiary alicyclic amines) is 1. The number of hydrogen-bond acceptors (Lipinski definition) is 3. The van der Waals surface area contributed by atoms with Gasteiger partial charge in [-0.3, -0.25) is 0 Å². The average molecular weight is 296 g/mol. The molecule has 0 aromatic heterocycles. The minimum Gasteiger partial charge on any atom is -0.494 e. The number of β-amino-alcohol motifs (C(OH)–C–C–N with tert-alkyl or cyclic N) is 1. The lowest BCUT2D eigenvalue weighted by Gasteiger charge is -2.34. The number of urea groups is 1. The van der Waals surface area contributed by atoms with Gasteiger partial charge in [0.05, 0.1) is 13.2 Å². The van der Waals surface area contributed by atoms with E-state index < -0.39 is 11.9 Å². The molecular weight excluding hydrogens is 275 g/mol. The number of methoxy groups -OCH3 is 1. The second-order valence-corrected chi connectivity index (χ2v) is 5.41. The van der Waals surface area contributed by atoms with Crippen LogP contribution in [0.5, 0.6) is 5.75 Å². The third-order valence-corrected chi connectivity index (χ3v) is 3.87. The van der Waals surface area contributed by atoms with Crippen molar-refractivity contribution in [1.29, 1.82) is 0 Å². The molecule has 1 aromatic rings. The van der Waals surface area contributed by atoms with Crippen molar-refractivity contribution >= 4 is 6.03 Å². The molecule has 1 aromatic carbocycles. The molecule has 0 saturated carbocycles. The Morgan fingerprint density at radius 2 is 2.33 bits per heavy atom. The van der Waals surface area contributed by atoms with Crippen LogP contribution in [0.3, 0.4) is 0 Å². The predicted octanol–water partition coefficient (Wildman–Crippen LogP) is 1.75. The maximum Gasteiger partial charge on any atom is 0.317 e. The zero-order chi connectivity index (χ0) is 15.4. The van der Waals surface area contributed by atoms with Crippen molar-refractivity contribution in [3.8, 4) is 5.75 Å². The van der Waals surface area contributed by atoms with Crippen molar-refractivity contribution in [3.63, 3.8) is 0 Å². The van der Waals surface area contributed by atoms with Gasteiger partial charge in [-0.15, -0.1) is 0 Å². The number of ether oxygens (including phenoxy) is 1. The standard InChI is InChI=1S/C15H21FN2O3/c1-10-5-6-18(9-13(10)19)15(20)17-8-11-3-4-14(21-2)12(16)7-11/h3-4,7,10,13,19H,5-6,8-9H2,1-2H3,(H,17,20). The molecule has 116 valence electrons. The number of halogens is 1. The average Bonchev–Trinajstić information content (AvgIpc) is 2.47. The van der Waals surface area contributed by atoms with E-state index in [-0.39, 0.29) is 24.2 Å². The van der Waals surface area contributed by atoms with Gasteiger partial charge in [0.1, 0.15) is 0 Å². The third kappa shape index (κ3) is 3.85. The minimum absolute atomic E-state index is 0.179. The molecule has 1 aliphatic rings. The van der Waals surface area contributed by atoms with E-state index in [0.717, 1.165) is 6.42 Å². The SMILES string of the molecule is COc1ccc(CNC(=O)N2CCC(C)C(O)C2)cc1F. The van der Waals surface area contributed by atoms with Crippen LogP contribution in [0.4, 0.5) is 9.18 Å². The van der Waals surface area contributed by atoms with Gasteiger partial charge < -0.3 is 20.1 Å². The first-order valence-corrected chi connectivity index (χ1v) is 7.04. The van der Waals surface area contributed by atoms with Crippen LogP contribution >= 0.6 is 0 Å². The summed E-state index contributed by atoms with van der Waals surface area (Å²) < 4.78 is 18.4. The summed E-state index contributed by atoms with van der Waals surface area (Å²) in [5.41, 5.74) is 0.660. The maximum atomic E-state index is 13.5. The summed E-state index contributed by atoms with van der Waals surface area (Å²) in [4.78, 5) is 13.6. The van der Waals surface area contributed by atoms with Gasteiger partial charge in [-0.25, -0.2) is 9.18 Å². The summed E-state index contributed by atoms with van der Waals surface area (Å²) in [6.45, 7) is 3.17. The third-order valence-electron chi connectivity index (χ3n) is 3.87. The van der Waals surface area contributed by atoms with Crippen LogP contribution in [0.1, 0.15) is 18.9 Å². The molecule has 2 unspecified atom stereocenters. The summed E-state index contributed by atoms with van der Waals surface area (Å²) in [5.74, 6) is -0.0607. The van der Waals surface area contributed by atoms with Crippen molar-refractivity contribution in [3.05, 3.63) is 29.6 Å². The highest BCUT2D eigenvalue weighted by atomic mass is 19.1. The van der Waals surface area contributed by atoms with Gasteiger partial charge >= 0.3 is 6.03 Å². The summed E-state index contributed by atoms with van der Waals surface area (Å²) in [6.07, 6.45) is 0.300. The normalized spacial score (nSPS) is 22.0. The molecule has 6 heteroatoms. The molecule has 2 amide bonds. The van der Waals surface area contributed by atoms with Crippen molar-refractivity contribution in [2.75, 3.05) is 20.2 Å². The number of amides is 2. The maximum absolute atomic E-state index is 13.5. The first kappa shape index (κ1) is 15.6. The Balaban J connectivity index is 1.88. The second-order valence-electron chi connectivity index (χ2n) is 5.41. The van der Waals surface area contributed by atoms with Crippen molar-refractivity contribution < 1.29 is 19.0 Å². The van der Waals surface area contributed by atoms with E-state index in [4.69, 9.17) is 4.74 Å². The Hall–Kier alpha value is -1.82. The Bertz CT molecular complexity index is 510. The lowest BCUT2D eigenvalue weighted by Crippen LogP contribution is -2.49. The van der Waals surface area contributed by atoms with Gasteiger partial charge in [-0.1, -0.05) is 13.0 Å². The number of carbonyl (C=O) groups excluding carboxylic acids is 1. The van der Waals surface area contributed by atoms with E-state index in [9.17, 15) is 14.3 Å². The van der Waals surface area contributed by atoms with Crippen LogP contribution < -0.4 is 10.1 Å². The molecule has 5 nitrogen and oxygen atoms in total. The molecule has 1 saturated heterocycles. The van der Waals surface area contributed by atoms with Gasteiger partial charge in [0.25, 0.3) is 0 Å². The summed E-state index contributed by atoms with van der Waals surface area (Å²) >= 11 is 0. The summed E-state index contributed by atoms with van der Waals surface area (Å²) in [7, 11) is 1.41. The van der Waals surface area contributed by atoms with Crippen LogP contribution in [0, 0.1) is 11.7 Å². The Morgan fingerprint density at radius 1 is 1.57 bits per heavy atom. The molecule has 0 spiro atoms. The fourth-order valence-electron chi connectivity index (χ4n) is 2.34. The number of rotatable bonds is 3. The number of aliphatic hydroxyl groups excluding tert-OH is 1. The monoisotopic (exact) mass is 296 g/mol. The first-order valence-electron chi connectivity index (χ1n) is 7.04. The fourth-order valence-corrected chi connectivity index (χ4v) is 2.34. The van der Waals surface area contributed by atoms with Crippen LogP contribution in [0.2, 0.25) is 0 Å². The predicted molar refractivity (Wildman–Crippen MR) is 76.5 cm³/mol. The number of aliphatic hydroxyl groups is 1. The number of hydrogen-bond donors (Lipinski definition) is 2. The molecule has 0 bridgehead atoms. The number of benzene rings is 1. The van der Waals surface area contributed by atoms with Gasteiger partial charge in [-0.2, -0.15) is 0 Å². The fraction of sp³-hybridized carbons (Fsp3) is 0.533. The van der Waals surface area contributed by atoms with Gasteiger partial charge in [0.2, 0.25) is 0 Å².